The zero-order chi connectivity index (χ0) is 21.8. The van der Waals surface area contributed by atoms with Gasteiger partial charge in [-0.3, -0.25) is 14.4 Å². The van der Waals surface area contributed by atoms with Crippen LogP contribution in [0, 0.1) is 6.92 Å². The third-order valence-electron chi connectivity index (χ3n) is 5.51. The summed E-state index contributed by atoms with van der Waals surface area (Å²) in [6.45, 7) is 3.11. The average molecular weight is 416 g/mol. The summed E-state index contributed by atoms with van der Waals surface area (Å²) >= 11 is 0. The largest absolute Gasteiger partial charge is 0.352 e. The van der Waals surface area contributed by atoms with Gasteiger partial charge in [-0.05, 0) is 42.2 Å². The van der Waals surface area contributed by atoms with E-state index in [0.717, 1.165) is 28.8 Å². The summed E-state index contributed by atoms with van der Waals surface area (Å²) in [6, 6.07) is 18.4. The maximum Gasteiger partial charge on any atom is 0.278 e. The van der Waals surface area contributed by atoms with Crippen molar-refractivity contribution in [1.29, 1.82) is 0 Å². The second-order valence-corrected chi connectivity index (χ2v) is 7.57. The number of fused-ring (bicyclic) bond motifs is 1. The van der Waals surface area contributed by atoms with Crippen LogP contribution in [0.3, 0.4) is 0 Å². The molecular weight excluding hydrogens is 392 g/mol. The Bertz CT molecular complexity index is 1190. The highest BCUT2D eigenvalue weighted by atomic mass is 16.2. The van der Waals surface area contributed by atoms with Gasteiger partial charge in [0.2, 0.25) is 5.91 Å². The third-order valence-corrected chi connectivity index (χ3v) is 5.51. The first-order chi connectivity index (χ1) is 15.0. The SMILES string of the molecule is Cc1ccccc1CNC(=O)CCn1nc(C(=O)N2CCc3ccccc32)ccc1=O. The molecule has 0 fully saturated rings. The molecule has 0 aliphatic carbocycles. The highest BCUT2D eigenvalue weighted by Crippen LogP contribution is 2.28. The van der Waals surface area contributed by atoms with Crippen molar-refractivity contribution >= 4 is 17.5 Å². The van der Waals surface area contributed by atoms with Gasteiger partial charge in [0, 0.05) is 31.3 Å². The molecule has 0 bridgehead atoms. The van der Waals surface area contributed by atoms with Crippen LogP contribution >= 0.6 is 0 Å². The van der Waals surface area contributed by atoms with Crippen molar-refractivity contribution in [3.8, 4) is 0 Å². The number of benzene rings is 2. The minimum atomic E-state index is -0.343. The summed E-state index contributed by atoms with van der Waals surface area (Å²) in [5.41, 5.74) is 4.00. The van der Waals surface area contributed by atoms with Gasteiger partial charge in [-0.15, -0.1) is 0 Å². The zero-order valence-electron chi connectivity index (χ0n) is 17.4. The Morgan fingerprint density at radius 2 is 1.81 bits per heavy atom. The first-order valence-electron chi connectivity index (χ1n) is 10.3. The van der Waals surface area contributed by atoms with Crippen LogP contribution in [0.5, 0.6) is 0 Å². The quantitative estimate of drug-likeness (QED) is 0.669. The molecule has 0 radical (unpaired) electrons. The van der Waals surface area contributed by atoms with Crippen molar-refractivity contribution in [3.63, 3.8) is 0 Å². The number of para-hydroxylation sites is 1. The lowest BCUT2D eigenvalue weighted by atomic mass is 10.1. The van der Waals surface area contributed by atoms with Crippen LogP contribution in [0.15, 0.2) is 65.5 Å². The van der Waals surface area contributed by atoms with Crippen molar-refractivity contribution in [2.45, 2.75) is 32.9 Å². The van der Waals surface area contributed by atoms with E-state index < -0.39 is 0 Å². The summed E-state index contributed by atoms with van der Waals surface area (Å²) < 4.78 is 1.18. The molecule has 2 heterocycles. The van der Waals surface area contributed by atoms with Crippen molar-refractivity contribution in [2.24, 2.45) is 0 Å². The van der Waals surface area contributed by atoms with Gasteiger partial charge in [-0.2, -0.15) is 5.10 Å². The fourth-order valence-electron chi connectivity index (χ4n) is 3.71. The molecule has 0 atom stereocenters. The second-order valence-electron chi connectivity index (χ2n) is 7.57. The van der Waals surface area contributed by atoms with E-state index in [0.29, 0.717) is 13.1 Å². The van der Waals surface area contributed by atoms with Crippen LogP contribution < -0.4 is 15.8 Å². The number of rotatable bonds is 6. The van der Waals surface area contributed by atoms with Gasteiger partial charge in [0.05, 0.1) is 6.54 Å². The summed E-state index contributed by atoms with van der Waals surface area (Å²) in [4.78, 5) is 39.1. The van der Waals surface area contributed by atoms with Gasteiger partial charge in [0.25, 0.3) is 11.5 Å². The molecule has 0 unspecified atom stereocenters. The van der Waals surface area contributed by atoms with Crippen molar-refractivity contribution in [2.75, 3.05) is 11.4 Å². The highest BCUT2D eigenvalue weighted by molar-refractivity contribution is 6.05. The zero-order valence-corrected chi connectivity index (χ0v) is 17.4. The van der Waals surface area contributed by atoms with Crippen LogP contribution in [0.4, 0.5) is 5.69 Å². The normalized spacial score (nSPS) is 12.5. The Hall–Kier alpha value is -3.74. The topological polar surface area (TPSA) is 84.3 Å². The van der Waals surface area contributed by atoms with Gasteiger partial charge < -0.3 is 10.2 Å². The summed E-state index contributed by atoms with van der Waals surface area (Å²) in [5, 5.41) is 7.09. The van der Waals surface area contributed by atoms with Gasteiger partial charge in [0.15, 0.2) is 0 Å². The number of carbonyl (C=O) groups excluding carboxylic acids is 2. The summed E-state index contributed by atoms with van der Waals surface area (Å²) in [5.74, 6) is -0.426. The molecule has 158 valence electrons. The van der Waals surface area contributed by atoms with Crippen LogP contribution in [0.2, 0.25) is 0 Å². The Morgan fingerprint density at radius 1 is 1.03 bits per heavy atom. The number of amides is 2. The van der Waals surface area contributed by atoms with Crippen molar-refractivity contribution < 1.29 is 9.59 Å². The number of carbonyl (C=O) groups is 2. The monoisotopic (exact) mass is 416 g/mol. The first-order valence-corrected chi connectivity index (χ1v) is 10.3. The van der Waals surface area contributed by atoms with E-state index >= 15 is 0 Å². The number of nitrogens with one attached hydrogen (secondary N) is 1. The molecule has 1 aliphatic rings. The molecule has 3 aromatic rings. The lowest BCUT2D eigenvalue weighted by Crippen LogP contribution is -2.33. The van der Waals surface area contributed by atoms with E-state index in [9.17, 15) is 14.4 Å². The van der Waals surface area contributed by atoms with Crippen LogP contribution in [-0.4, -0.2) is 28.1 Å². The highest BCUT2D eigenvalue weighted by Gasteiger charge is 2.26. The maximum atomic E-state index is 13.0. The molecule has 4 rings (SSSR count). The van der Waals surface area contributed by atoms with E-state index in [1.54, 1.807) is 4.90 Å². The predicted octanol–water partition coefficient (Wildman–Crippen LogP) is 2.46. The second kappa shape index (κ2) is 8.95. The maximum absolute atomic E-state index is 13.0. The summed E-state index contributed by atoms with van der Waals surface area (Å²) in [6.07, 6.45) is 0.894. The Kier molecular flexibility index (Phi) is 5.93. The van der Waals surface area contributed by atoms with Gasteiger partial charge >= 0.3 is 0 Å². The predicted molar refractivity (Wildman–Crippen MR) is 118 cm³/mol. The number of aromatic nitrogens is 2. The minimum absolute atomic E-state index is 0.100. The van der Waals surface area contributed by atoms with Gasteiger partial charge in [-0.1, -0.05) is 42.5 Å². The number of anilines is 1. The minimum Gasteiger partial charge on any atom is -0.352 e. The molecule has 1 N–H and O–H groups in total. The van der Waals surface area contributed by atoms with Gasteiger partial charge in [-0.25, -0.2) is 4.68 Å². The molecule has 31 heavy (non-hydrogen) atoms. The molecule has 2 aromatic carbocycles. The molecule has 1 aromatic heterocycles. The molecular formula is C24H24N4O3. The number of nitrogens with zero attached hydrogens (tertiary/aromatic N) is 3. The standard InChI is InChI=1S/C24H24N4O3/c1-17-6-2-3-8-19(17)16-25-22(29)13-15-28-23(30)11-10-20(26-28)24(31)27-14-12-18-7-4-5-9-21(18)27/h2-11H,12-16H2,1H3,(H,25,29). The Labute approximate surface area is 180 Å². The van der Waals surface area contributed by atoms with Crippen LogP contribution in [-0.2, 0) is 24.3 Å². The molecule has 7 nitrogen and oxygen atoms in total. The smallest absolute Gasteiger partial charge is 0.278 e. The van der Waals surface area contributed by atoms with E-state index in [4.69, 9.17) is 0 Å². The van der Waals surface area contributed by atoms with Crippen LogP contribution in [0.1, 0.15) is 33.6 Å². The number of aryl methyl sites for hydroxylation is 2. The molecule has 7 heteroatoms. The lowest BCUT2D eigenvalue weighted by molar-refractivity contribution is -0.121. The average Bonchev–Trinajstić information content (AvgIpc) is 3.21. The van der Waals surface area contributed by atoms with E-state index in [1.165, 1.54) is 16.8 Å². The molecule has 0 saturated carbocycles. The third kappa shape index (κ3) is 4.55. The number of hydrogen-bond donors (Lipinski definition) is 1. The molecule has 0 saturated heterocycles. The van der Waals surface area contributed by atoms with Crippen molar-refractivity contribution in [3.05, 3.63) is 93.4 Å². The number of hydrogen-bond acceptors (Lipinski definition) is 4. The molecule has 1 aliphatic heterocycles. The fraction of sp³-hybridized carbons (Fsp3) is 0.250. The molecule has 2 amide bonds. The lowest BCUT2D eigenvalue weighted by Gasteiger charge is -2.17. The van der Waals surface area contributed by atoms with Crippen molar-refractivity contribution in [1.82, 2.24) is 15.1 Å². The van der Waals surface area contributed by atoms with Crippen LogP contribution in [0.25, 0.3) is 0 Å². The first kappa shape index (κ1) is 20.5. The van der Waals surface area contributed by atoms with E-state index in [1.807, 2.05) is 55.5 Å². The Balaban J connectivity index is 1.40. The van der Waals surface area contributed by atoms with E-state index in [-0.39, 0.29) is 36.0 Å². The fourth-order valence-corrected chi connectivity index (χ4v) is 3.71. The van der Waals surface area contributed by atoms with E-state index in [2.05, 4.69) is 10.4 Å². The van der Waals surface area contributed by atoms with Gasteiger partial charge in [0.1, 0.15) is 5.69 Å². The Morgan fingerprint density at radius 3 is 2.65 bits per heavy atom. The molecule has 0 spiro atoms. The summed E-state index contributed by atoms with van der Waals surface area (Å²) in [7, 11) is 0.